The number of hydrogen-bond donors (Lipinski definition) is 1. The molecule has 0 fully saturated rings. The summed E-state index contributed by atoms with van der Waals surface area (Å²) in [4.78, 5) is 12.2. The van der Waals surface area contributed by atoms with E-state index in [1.54, 1.807) is 18.2 Å². The summed E-state index contributed by atoms with van der Waals surface area (Å²) in [5.74, 6) is 0.534. The van der Waals surface area contributed by atoms with Gasteiger partial charge in [0.15, 0.2) is 0 Å². The van der Waals surface area contributed by atoms with Gasteiger partial charge in [-0.1, -0.05) is 47.5 Å². The Balaban J connectivity index is 2.85. The molecule has 0 radical (unpaired) electrons. The molecule has 0 aromatic heterocycles. The van der Waals surface area contributed by atoms with Crippen molar-refractivity contribution >= 4 is 5.97 Å². The lowest BCUT2D eigenvalue weighted by molar-refractivity contribution is -0.139. The van der Waals surface area contributed by atoms with Gasteiger partial charge in [-0.05, 0) is 36.5 Å². The molecule has 0 unspecified atom stereocenters. The molecule has 21 heavy (non-hydrogen) atoms. The van der Waals surface area contributed by atoms with Crippen molar-refractivity contribution in [1.82, 2.24) is 0 Å². The van der Waals surface area contributed by atoms with Gasteiger partial charge in [-0.2, -0.15) is 0 Å². The van der Waals surface area contributed by atoms with Crippen LogP contribution in [0.2, 0.25) is 0 Å². The number of carbonyl (C=O) groups is 1. The minimum Gasteiger partial charge on any atom is -0.508 e. The molecular weight excluding hydrogens is 264 g/mol. The van der Waals surface area contributed by atoms with Crippen LogP contribution in [0.5, 0.6) is 11.5 Å². The number of hydrogen-bond acceptors (Lipinski definition) is 3. The Bertz CT molecular complexity index is 472. The van der Waals surface area contributed by atoms with Gasteiger partial charge in [0.25, 0.3) is 0 Å². The molecule has 1 atom stereocenters. The van der Waals surface area contributed by atoms with Crippen LogP contribution in [0.4, 0.5) is 0 Å². The quantitative estimate of drug-likeness (QED) is 0.604. The van der Waals surface area contributed by atoms with Crippen LogP contribution in [-0.4, -0.2) is 11.1 Å². The Hall–Kier alpha value is -1.51. The Labute approximate surface area is 128 Å². The minimum atomic E-state index is -0.196. The van der Waals surface area contributed by atoms with Crippen molar-refractivity contribution in [3.05, 3.63) is 23.8 Å². The predicted octanol–water partition coefficient (Wildman–Crippen LogP) is 4.81. The van der Waals surface area contributed by atoms with Crippen molar-refractivity contribution in [3.8, 4) is 11.5 Å². The summed E-state index contributed by atoms with van der Waals surface area (Å²) in [6.45, 7) is 10.2. The zero-order chi connectivity index (χ0) is 16.0. The molecule has 0 aliphatic heterocycles. The molecule has 3 nitrogen and oxygen atoms in total. The highest BCUT2D eigenvalue weighted by Crippen LogP contribution is 2.33. The predicted molar refractivity (Wildman–Crippen MR) is 85.7 cm³/mol. The molecule has 1 rings (SSSR count). The third-order valence-corrected chi connectivity index (χ3v) is 3.73. The van der Waals surface area contributed by atoms with Gasteiger partial charge in [0.1, 0.15) is 11.5 Å². The number of phenols is 1. The Morgan fingerprint density at radius 2 is 1.95 bits per heavy atom. The molecule has 0 saturated heterocycles. The first-order valence-corrected chi connectivity index (χ1v) is 7.84. The van der Waals surface area contributed by atoms with Crippen molar-refractivity contribution in [2.75, 3.05) is 0 Å². The molecule has 1 N–H and O–H groups in total. The summed E-state index contributed by atoms with van der Waals surface area (Å²) in [7, 11) is 0. The van der Waals surface area contributed by atoms with Crippen LogP contribution in [0.3, 0.4) is 0 Å². The number of esters is 1. The third-order valence-electron chi connectivity index (χ3n) is 3.73. The van der Waals surface area contributed by atoms with E-state index < -0.39 is 0 Å². The first-order chi connectivity index (χ1) is 9.79. The van der Waals surface area contributed by atoms with Crippen LogP contribution in [0.1, 0.15) is 65.9 Å². The van der Waals surface area contributed by atoms with Crippen LogP contribution in [0.25, 0.3) is 0 Å². The van der Waals surface area contributed by atoms with Gasteiger partial charge in [-0.3, -0.25) is 4.79 Å². The second-order valence-corrected chi connectivity index (χ2v) is 6.60. The molecule has 0 heterocycles. The van der Waals surface area contributed by atoms with Crippen LogP contribution in [0, 0.1) is 5.92 Å². The van der Waals surface area contributed by atoms with Crippen molar-refractivity contribution in [1.29, 1.82) is 0 Å². The van der Waals surface area contributed by atoms with Crippen molar-refractivity contribution in [2.45, 2.75) is 65.7 Å². The summed E-state index contributed by atoms with van der Waals surface area (Å²) < 4.78 is 5.51. The number of rotatable bonds is 6. The van der Waals surface area contributed by atoms with Crippen LogP contribution in [0.15, 0.2) is 18.2 Å². The van der Waals surface area contributed by atoms with Crippen molar-refractivity contribution in [3.63, 3.8) is 0 Å². The fourth-order valence-electron chi connectivity index (χ4n) is 2.32. The second kappa shape index (κ2) is 7.48. The van der Waals surface area contributed by atoms with E-state index in [4.69, 9.17) is 4.74 Å². The first-order valence-electron chi connectivity index (χ1n) is 7.84. The van der Waals surface area contributed by atoms with Crippen LogP contribution in [-0.2, 0) is 10.2 Å². The largest absolute Gasteiger partial charge is 0.508 e. The number of carbonyl (C=O) groups excluding carboxylic acids is 1. The lowest BCUT2D eigenvalue weighted by atomic mass is 9.86. The average molecular weight is 292 g/mol. The van der Waals surface area contributed by atoms with E-state index in [1.165, 1.54) is 0 Å². The topological polar surface area (TPSA) is 46.5 Å². The normalized spacial score (nSPS) is 13.0. The van der Waals surface area contributed by atoms with E-state index in [9.17, 15) is 9.90 Å². The SMILES string of the molecule is CCCC[C@H](CC)C(=O)Oc1ccc(O)c(C(C)(C)C)c1. The Morgan fingerprint density at radius 1 is 1.29 bits per heavy atom. The number of ether oxygens (including phenoxy) is 1. The molecule has 3 heteroatoms. The van der Waals surface area contributed by atoms with Gasteiger partial charge >= 0.3 is 5.97 Å². The average Bonchev–Trinajstić information content (AvgIpc) is 2.40. The number of unbranched alkanes of at least 4 members (excludes halogenated alkanes) is 1. The highest BCUT2D eigenvalue weighted by molar-refractivity contribution is 5.75. The molecule has 1 aromatic rings. The molecular formula is C18H28O3. The van der Waals surface area contributed by atoms with E-state index in [0.29, 0.717) is 5.75 Å². The molecule has 0 aliphatic rings. The van der Waals surface area contributed by atoms with Crippen LogP contribution >= 0.6 is 0 Å². The lowest BCUT2D eigenvalue weighted by Crippen LogP contribution is -2.20. The molecule has 0 saturated carbocycles. The highest BCUT2D eigenvalue weighted by atomic mass is 16.5. The fraction of sp³-hybridized carbons (Fsp3) is 0.611. The van der Waals surface area contributed by atoms with E-state index in [-0.39, 0.29) is 23.1 Å². The fourth-order valence-corrected chi connectivity index (χ4v) is 2.32. The summed E-state index contributed by atoms with van der Waals surface area (Å²) in [6.07, 6.45) is 3.78. The van der Waals surface area contributed by atoms with Crippen molar-refractivity contribution < 1.29 is 14.6 Å². The molecule has 118 valence electrons. The van der Waals surface area contributed by atoms with Crippen molar-refractivity contribution in [2.24, 2.45) is 5.92 Å². The summed E-state index contributed by atoms with van der Waals surface area (Å²) >= 11 is 0. The monoisotopic (exact) mass is 292 g/mol. The molecule has 0 aliphatic carbocycles. The maximum Gasteiger partial charge on any atom is 0.314 e. The van der Waals surface area contributed by atoms with E-state index in [0.717, 1.165) is 31.2 Å². The summed E-state index contributed by atoms with van der Waals surface area (Å²) in [5, 5.41) is 9.94. The van der Waals surface area contributed by atoms with Gasteiger partial charge in [-0.25, -0.2) is 0 Å². The van der Waals surface area contributed by atoms with E-state index >= 15 is 0 Å². The standard InChI is InChI=1S/C18H28O3/c1-6-8-9-13(7-2)17(20)21-14-10-11-16(19)15(12-14)18(3,4)5/h10-13,19H,6-9H2,1-5H3/t13-/m0/s1. The van der Waals surface area contributed by atoms with E-state index in [2.05, 4.69) is 6.92 Å². The van der Waals surface area contributed by atoms with Gasteiger partial charge in [0, 0.05) is 5.56 Å². The summed E-state index contributed by atoms with van der Waals surface area (Å²) in [6, 6.07) is 5.00. The van der Waals surface area contributed by atoms with Gasteiger partial charge in [-0.15, -0.1) is 0 Å². The molecule has 0 amide bonds. The van der Waals surface area contributed by atoms with Gasteiger partial charge in [0.2, 0.25) is 0 Å². The maximum atomic E-state index is 12.2. The zero-order valence-corrected chi connectivity index (χ0v) is 13.9. The van der Waals surface area contributed by atoms with Gasteiger partial charge in [0.05, 0.1) is 5.92 Å². The van der Waals surface area contributed by atoms with E-state index in [1.807, 2.05) is 27.7 Å². The Kier molecular flexibility index (Phi) is 6.25. The van der Waals surface area contributed by atoms with Gasteiger partial charge < -0.3 is 9.84 Å². The number of benzene rings is 1. The Morgan fingerprint density at radius 3 is 2.48 bits per heavy atom. The molecule has 0 bridgehead atoms. The maximum absolute atomic E-state index is 12.2. The zero-order valence-electron chi connectivity index (χ0n) is 13.9. The molecule has 1 aromatic carbocycles. The highest BCUT2D eigenvalue weighted by Gasteiger charge is 2.21. The van der Waals surface area contributed by atoms with Crippen LogP contribution < -0.4 is 4.74 Å². The second-order valence-electron chi connectivity index (χ2n) is 6.60. The minimum absolute atomic E-state index is 0.0446. The summed E-state index contributed by atoms with van der Waals surface area (Å²) in [5.41, 5.74) is 0.591. The third kappa shape index (κ3) is 5.07. The molecule has 0 spiro atoms. The number of aromatic hydroxyl groups is 1. The first kappa shape index (κ1) is 17.5. The lowest BCUT2D eigenvalue weighted by Gasteiger charge is -2.21. The number of phenolic OH excluding ortho intramolecular Hbond substituents is 1. The smallest absolute Gasteiger partial charge is 0.314 e.